The zero-order valence-corrected chi connectivity index (χ0v) is 11.1. The molecule has 4 rings (SSSR count). The second-order valence-corrected chi connectivity index (χ2v) is 6.49. The quantitative estimate of drug-likeness (QED) is 0.671. The Morgan fingerprint density at radius 1 is 1.06 bits per heavy atom. The lowest BCUT2D eigenvalue weighted by molar-refractivity contribution is -0.123. The number of benzene rings is 1. The van der Waals surface area contributed by atoms with E-state index in [-0.39, 0.29) is 0 Å². The summed E-state index contributed by atoms with van der Waals surface area (Å²) in [6, 6.07) is 4.66. The average molecular weight is 235 g/mol. The molecule has 16 heavy (non-hydrogen) atoms. The van der Waals surface area contributed by atoms with Crippen molar-refractivity contribution in [3.05, 3.63) is 34.4 Å². The van der Waals surface area contributed by atoms with Crippen molar-refractivity contribution in [1.82, 2.24) is 0 Å². The minimum atomic E-state index is 0.511. The number of halogens is 1. The molecule has 0 saturated heterocycles. The molecule has 0 aliphatic heterocycles. The summed E-state index contributed by atoms with van der Waals surface area (Å²) in [7, 11) is 0. The molecular weight excluding hydrogens is 216 g/mol. The van der Waals surface area contributed by atoms with Crippen LogP contribution in [0.3, 0.4) is 0 Å². The van der Waals surface area contributed by atoms with Gasteiger partial charge in [0.05, 0.1) is 0 Å². The minimum absolute atomic E-state index is 0.511. The van der Waals surface area contributed by atoms with Crippen LogP contribution >= 0.6 is 11.6 Å². The Labute approximate surface area is 103 Å². The van der Waals surface area contributed by atoms with Crippen LogP contribution in [0.25, 0.3) is 0 Å². The first kappa shape index (κ1) is 10.7. The maximum atomic E-state index is 6.04. The largest absolute Gasteiger partial charge is 0.126 e. The van der Waals surface area contributed by atoms with E-state index in [1.165, 1.54) is 36.0 Å². The highest BCUT2D eigenvalue weighted by Gasteiger charge is 2.68. The second kappa shape index (κ2) is 3.04. The molecule has 0 spiro atoms. The smallest absolute Gasteiger partial charge is 0.0280 e. The highest BCUT2D eigenvalue weighted by atomic mass is 35.5. The van der Waals surface area contributed by atoms with Crippen LogP contribution in [0, 0.1) is 26.2 Å². The van der Waals surface area contributed by atoms with Crippen molar-refractivity contribution >= 4 is 11.6 Å². The van der Waals surface area contributed by atoms with Gasteiger partial charge < -0.3 is 0 Å². The lowest BCUT2D eigenvalue weighted by Gasteiger charge is -2.71. The Bertz CT molecular complexity index is 416. The predicted molar refractivity (Wildman–Crippen MR) is 69.3 cm³/mol. The standard InChI is InChI=1S/C15H19Cl/c1-10-4-11(2)13(12(3)5-10)15-6-14(7-15,8-15)9-16/h4-5H,6-9H2,1-3H3. The summed E-state index contributed by atoms with van der Waals surface area (Å²) >= 11 is 6.04. The number of hydrogen-bond acceptors (Lipinski definition) is 0. The highest BCUT2D eigenvalue weighted by molar-refractivity contribution is 6.18. The van der Waals surface area contributed by atoms with Gasteiger partial charge in [-0.2, -0.15) is 0 Å². The van der Waals surface area contributed by atoms with Crippen molar-refractivity contribution < 1.29 is 0 Å². The Morgan fingerprint density at radius 2 is 1.56 bits per heavy atom. The van der Waals surface area contributed by atoms with E-state index in [1.807, 2.05) is 0 Å². The molecule has 0 amide bonds. The van der Waals surface area contributed by atoms with Gasteiger partial charge in [-0.1, -0.05) is 17.7 Å². The van der Waals surface area contributed by atoms with E-state index >= 15 is 0 Å². The fourth-order valence-electron chi connectivity index (χ4n) is 4.42. The van der Waals surface area contributed by atoms with Crippen LogP contribution in [0.15, 0.2) is 12.1 Å². The van der Waals surface area contributed by atoms with Gasteiger partial charge in [0.25, 0.3) is 0 Å². The van der Waals surface area contributed by atoms with Crippen LogP contribution in [0.1, 0.15) is 41.5 Å². The summed E-state index contributed by atoms with van der Waals surface area (Å²) < 4.78 is 0. The summed E-state index contributed by atoms with van der Waals surface area (Å²) in [6.45, 7) is 6.72. The van der Waals surface area contributed by atoms with Crippen LogP contribution < -0.4 is 0 Å². The first-order chi connectivity index (χ1) is 7.50. The maximum absolute atomic E-state index is 6.04. The summed E-state index contributed by atoms with van der Waals surface area (Å²) in [6.07, 6.45) is 3.98. The summed E-state index contributed by atoms with van der Waals surface area (Å²) in [4.78, 5) is 0. The molecule has 0 N–H and O–H groups in total. The molecule has 3 saturated carbocycles. The van der Waals surface area contributed by atoms with Crippen molar-refractivity contribution in [2.75, 3.05) is 5.88 Å². The fraction of sp³-hybridized carbons (Fsp3) is 0.600. The molecule has 2 bridgehead atoms. The molecule has 3 aliphatic rings. The normalized spacial score (nSPS) is 35.5. The molecule has 3 aliphatic carbocycles. The van der Waals surface area contributed by atoms with Crippen molar-refractivity contribution in [3.8, 4) is 0 Å². The zero-order chi connectivity index (χ0) is 11.6. The van der Waals surface area contributed by atoms with Gasteiger partial charge in [-0.05, 0) is 67.6 Å². The molecule has 3 fully saturated rings. The number of rotatable bonds is 2. The van der Waals surface area contributed by atoms with Crippen LogP contribution in [0.5, 0.6) is 0 Å². The number of hydrogen-bond donors (Lipinski definition) is 0. The van der Waals surface area contributed by atoms with Gasteiger partial charge >= 0.3 is 0 Å². The topological polar surface area (TPSA) is 0 Å². The van der Waals surface area contributed by atoms with Crippen LogP contribution in [-0.2, 0) is 5.41 Å². The molecule has 0 atom stereocenters. The molecular formula is C15H19Cl. The molecule has 0 heterocycles. The molecule has 1 aromatic carbocycles. The summed E-state index contributed by atoms with van der Waals surface area (Å²) in [5.41, 5.74) is 7.02. The Kier molecular flexibility index (Phi) is 2.02. The molecule has 0 unspecified atom stereocenters. The Balaban J connectivity index is 1.98. The van der Waals surface area contributed by atoms with Crippen molar-refractivity contribution in [1.29, 1.82) is 0 Å². The molecule has 0 nitrogen and oxygen atoms in total. The lowest BCUT2D eigenvalue weighted by atomic mass is 9.33. The van der Waals surface area contributed by atoms with Crippen LogP contribution in [0.4, 0.5) is 0 Å². The van der Waals surface area contributed by atoms with E-state index in [9.17, 15) is 0 Å². The summed E-state index contributed by atoms with van der Waals surface area (Å²) in [5, 5.41) is 0. The minimum Gasteiger partial charge on any atom is -0.126 e. The molecule has 1 heteroatoms. The lowest BCUT2D eigenvalue weighted by Crippen LogP contribution is -2.65. The van der Waals surface area contributed by atoms with E-state index in [2.05, 4.69) is 32.9 Å². The maximum Gasteiger partial charge on any atom is 0.0280 e. The fourth-order valence-corrected chi connectivity index (χ4v) is 4.71. The van der Waals surface area contributed by atoms with Crippen molar-refractivity contribution in [2.24, 2.45) is 5.41 Å². The van der Waals surface area contributed by atoms with Gasteiger partial charge in [-0.15, -0.1) is 11.6 Å². The molecule has 0 aromatic heterocycles. The van der Waals surface area contributed by atoms with E-state index < -0.39 is 0 Å². The van der Waals surface area contributed by atoms with Gasteiger partial charge in [-0.3, -0.25) is 0 Å². The molecule has 1 aromatic rings. The van der Waals surface area contributed by atoms with E-state index in [4.69, 9.17) is 11.6 Å². The van der Waals surface area contributed by atoms with E-state index in [0.29, 0.717) is 10.8 Å². The number of alkyl halides is 1. The van der Waals surface area contributed by atoms with Crippen molar-refractivity contribution in [2.45, 2.75) is 45.4 Å². The monoisotopic (exact) mass is 234 g/mol. The summed E-state index contributed by atoms with van der Waals surface area (Å²) in [5.74, 6) is 0.860. The highest BCUT2D eigenvalue weighted by Crippen LogP contribution is 2.74. The third-order valence-corrected chi connectivity index (χ3v) is 5.20. The molecule has 86 valence electrons. The second-order valence-electron chi connectivity index (χ2n) is 6.22. The van der Waals surface area contributed by atoms with Crippen LogP contribution in [-0.4, -0.2) is 5.88 Å². The van der Waals surface area contributed by atoms with Gasteiger partial charge in [0, 0.05) is 5.88 Å². The van der Waals surface area contributed by atoms with Gasteiger partial charge in [0.1, 0.15) is 0 Å². The van der Waals surface area contributed by atoms with Gasteiger partial charge in [-0.25, -0.2) is 0 Å². The molecule has 0 radical (unpaired) electrons. The Hall–Kier alpha value is -0.490. The predicted octanol–water partition coefficient (Wildman–Crippen LogP) is 4.27. The third kappa shape index (κ3) is 1.17. The first-order valence-corrected chi connectivity index (χ1v) is 6.68. The van der Waals surface area contributed by atoms with Crippen molar-refractivity contribution in [3.63, 3.8) is 0 Å². The van der Waals surface area contributed by atoms with E-state index in [0.717, 1.165) is 5.88 Å². The SMILES string of the molecule is Cc1cc(C)c(C23CC(CCl)(C2)C3)c(C)c1. The first-order valence-electron chi connectivity index (χ1n) is 6.15. The van der Waals surface area contributed by atoms with Gasteiger partial charge in [0.2, 0.25) is 0 Å². The average Bonchev–Trinajstić information content (AvgIpc) is 2.05. The Morgan fingerprint density at radius 3 is 2.00 bits per heavy atom. The van der Waals surface area contributed by atoms with E-state index in [1.54, 1.807) is 5.56 Å². The van der Waals surface area contributed by atoms with Crippen LogP contribution in [0.2, 0.25) is 0 Å². The van der Waals surface area contributed by atoms with Gasteiger partial charge in [0.15, 0.2) is 0 Å². The zero-order valence-electron chi connectivity index (χ0n) is 10.4. The third-order valence-electron chi connectivity index (χ3n) is 4.63. The number of aryl methyl sites for hydroxylation is 3.